The Kier molecular flexibility index (Phi) is 4.53. The number of carbonyl (C=O) groups excluding carboxylic acids is 1. The van der Waals surface area contributed by atoms with Crippen LogP contribution in [0.2, 0.25) is 10.0 Å². The molecule has 0 saturated carbocycles. The minimum atomic E-state index is -0.187. The molecule has 2 heterocycles. The van der Waals surface area contributed by atoms with E-state index in [4.69, 9.17) is 27.9 Å². The van der Waals surface area contributed by atoms with E-state index in [1.807, 2.05) is 24.3 Å². The summed E-state index contributed by atoms with van der Waals surface area (Å²) in [6.45, 7) is 0.275. The average molecular weight is 389 g/mol. The molecule has 0 saturated heterocycles. The van der Waals surface area contributed by atoms with Gasteiger partial charge >= 0.3 is 0 Å². The van der Waals surface area contributed by atoms with Crippen LogP contribution in [0.3, 0.4) is 0 Å². The molecule has 1 aliphatic heterocycles. The first-order chi connectivity index (χ1) is 12.6. The number of amides is 1. The number of carbonyl (C=O) groups is 1. The van der Waals surface area contributed by atoms with Crippen LogP contribution in [-0.2, 0) is 11.4 Å². The molecule has 132 valence electrons. The summed E-state index contributed by atoms with van der Waals surface area (Å²) in [6, 6.07) is 12.7. The maximum absolute atomic E-state index is 11.9. The minimum Gasteiger partial charge on any atom is -0.489 e. The quantitative estimate of drug-likeness (QED) is 0.730. The van der Waals surface area contributed by atoms with Crippen LogP contribution in [0.15, 0.2) is 48.8 Å². The van der Waals surface area contributed by atoms with E-state index >= 15 is 0 Å². The molecule has 2 aromatic carbocycles. The van der Waals surface area contributed by atoms with E-state index in [1.54, 1.807) is 22.9 Å². The van der Waals surface area contributed by atoms with E-state index in [0.29, 0.717) is 28.2 Å². The summed E-state index contributed by atoms with van der Waals surface area (Å²) < 4.78 is 7.50. The highest BCUT2D eigenvalue weighted by Gasteiger charge is 2.27. The lowest BCUT2D eigenvalue weighted by Crippen LogP contribution is -2.29. The van der Waals surface area contributed by atoms with Gasteiger partial charge in [-0.15, -0.1) is 0 Å². The highest BCUT2D eigenvalue weighted by atomic mass is 35.5. The normalized spacial score (nSPS) is 16.1. The first kappa shape index (κ1) is 16.9. The number of ether oxygens (including phenoxy) is 1. The summed E-state index contributed by atoms with van der Waals surface area (Å²) in [6.07, 6.45) is 1.74. The van der Waals surface area contributed by atoms with E-state index in [9.17, 15) is 4.79 Å². The number of rotatable bonds is 4. The average Bonchev–Trinajstić information content (AvgIpc) is 3.09. The van der Waals surface area contributed by atoms with Crippen molar-refractivity contribution in [3.05, 3.63) is 70.0 Å². The number of hydrogen-bond acceptors (Lipinski definition) is 4. The lowest BCUT2D eigenvalue weighted by molar-refractivity contribution is -0.117. The van der Waals surface area contributed by atoms with Crippen molar-refractivity contribution < 1.29 is 9.53 Å². The Bertz CT molecular complexity index is 936. The molecular weight excluding hydrogens is 375 g/mol. The van der Waals surface area contributed by atoms with E-state index in [-0.39, 0.29) is 18.6 Å². The first-order valence-electron chi connectivity index (χ1n) is 7.97. The van der Waals surface area contributed by atoms with Crippen molar-refractivity contribution in [2.75, 3.05) is 5.32 Å². The standard InChI is InChI=1S/C18H14Cl2N4O2/c19-14-2-1-3-15(20)13(14)9-26-12-6-4-11(5-7-12)16-8-17(25)23-18-21-10-22-24(16)18/h1-7,10,16H,8-9H2,(H,21,22,23,25). The van der Waals surface area contributed by atoms with Crippen LogP contribution in [0.1, 0.15) is 23.6 Å². The van der Waals surface area contributed by atoms with Gasteiger partial charge in [0.05, 0.1) is 12.5 Å². The van der Waals surface area contributed by atoms with Crippen molar-refractivity contribution in [2.45, 2.75) is 19.1 Å². The number of hydrogen-bond donors (Lipinski definition) is 1. The van der Waals surface area contributed by atoms with Crippen LogP contribution in [0.25, 0.3) is 0 Å². The molecular formula is C18H14Cl2N4O2. The van der Waals surface area contributed by atoms with Crippen molar-refractivity contribution in [3.8, 4) is 5.75 Å². The molecule has 8 heteroatoms. The third-order valence-electron chi connectivity index (χ3n) is 4.21. The van der Waals surface area contributed by atoms with Crippen LogP contribution >= 0.6 is 23.2 Å². The summed E-state index contributed by atoms with van der Waals surface area (Å²) in [5.41, 5.74) is 1.70. The molecule has 0 radical (unpaired) electrons. The van der Waals surface area contributed by atoms with Crippen molar-refractivity contribution in [1.29, 1.82) is 0 Å². The Morgan fingerprint density at radius 3 is 2.62 bits per heavy atom. The molecule has 1 aliphatic rings. The molecule has 1 atom stereocenters. The van der Waals surface area contributed by atoms with Gasteiger partial charge in [-0.05, 0) is 29.8 Å². The van der Waals surface area contributed by atoms with Gasteiger partial charge in [0.15, 0.2) is 0 Å². The third-order valence-corrected chi connectivity index (χ3v) is 4.92. The van der Waals surface area contributed by atoms with Gasteiger partial charge < -0.3 is 4.74 Å². The Labute approximate surface area is 159 Å². The van der Waals surface area contributed by atoms with E-state index in [1.165, 1.54) is 6.33 Å². The molecule has 1 unspecified atom stereocenters. The number of aromatic nitrogens is 3. The number of nitrogens with zero attached hydrogens (tertiary/aromatic N) is 3. The fourth-order valence-corrected chi connectivity index (χ4v) is 3.38. The maximum atomic E-state index is 11.9. The Morgan fingerprint density at radius 2 is 1.88 bits per heavy atom. The second-order valence-corrected chi connectivity index (χ2v) is 6.67. The van der Waals surface area contributed by atoms with Crippen molar-refractivity contribution >= 4 is 35.1 Å². The third kappa shape index (κ3) is 3.25. The molecule has 26 heavy (non-hydrogen) atoms. The smallest absolute Gasteiger partial charge is 0.229 e. The topological polar surface area (TPSA) is 69.0 Å². The lowest BCUT2D eigenvalue weighted by atomic mass is 10.0. The van der Waals surface area contributed by atoms with Crippen molar-refractivity contribution in [2.24, 2.45) is 0 Å². The molecule has 0 fully saturated rings. The SMILES string of the molecule is O=C1CC(c2ccc(OCc3c(Cl)cccc3Cl)cc2)n2ncnc2N1. The Balaban J connectivity index is 1.50. The largest absolute Gasteiger partial charge is 0.489 e. The second kappa shape index (κ2) is 6.97. The molecule has 3 aromatic rings. The predicted molar refractivity (Wildman–Crippen MR) is 98.6 cm³/mol. The number of benzene rings is 2. The molecule has 4 rings (SSSR count). The van der Waals surface area contributed by atoms with Crippen LogP contribution in [0, 0.1) is 0 Å². The second-order valence-electron chi connectivity index (χ2n) is 5.85. The monoisotopic (exact) mass is 388 g/mol. The summed E-state index contributed by atoms with van der Waals surface area (Å²) in [4.78, 5) is 15.9. The van der Waals surface area contributed by atoms with Gasteiger partial charge in [0.25, 0.3) is 0 Å². The molecule has 6 nitrogen and oxygen atoms in total. The van der Waals surface area contributed by atoms with Crippen molar-refractivity contribution in [1.82, 2.24) is 14.8 Å². The lowest BCUT2D eigenvalue weighted by Gasteiger charge is -2.23. The van der Waals surface area contributed by atoms with Gasteiger partial charge in [0, 0.05) is 15.6 Å². The van der Waals surface area contributed by atoms with Gasteiger partial charge in [0.2, 0.25) is 11.9 Å². The zero-order chi connectivity index (χ0) is 18.1. The van der Waals surface area contributed by atoms with Crippen molar-refractivity contribution in [3.63, 3.8) is 0 Å². The van der Waals surface area contributed by atoms with Gasteiger partial charge in [-0.2, -0.15) is 10.1 Å². The summed E-state index contributed by atoms with van der Waals surface area (Å²) in [5, 5.41) is 8.04. The van der Waals surface area contributed by atoms with Crippen LogP contribution in [-0.4, -0.2) is 20.7 Å². The molecule has 1 N–H and O–H groups in total. The zero-order valence-corrected chi connectivity index (χ0v) is 15.0. The highest BCUT2D eigenvalue weighted by molar-refractivity contribution is 6.35. The summed E-state index contributed by atoms with van der Waals surface area (Å²) >= 11 is 12.3. The maximum Gasteiger partial charge on any atom is 0.229 e. The predicted octanol–water partition coefficient (Wildman–Crippen LogP) is 4.10. The van der Waals surface area contributed by atoms with E-state index in [2.05, 4.69) is 15.4 Å². The molecule has 0 spiro atoms. The fraction of sp³-hybridized carbons (Fsp3) is 0.167. The molecule has 1 aromatic heterocycles. The van der Waals surface area contributed by atoms with E-state index < -0.39 is 0 Å². The summed E-state index contributed by atoms with van der Waals surface area (Å²) in [5.74, 6) is 1.06. The van der Waals surface area contributed by atoms with E-state index in [0.717, 1.165) is 11.1 Å². The van der Waals surface area contributed by atoms with Crippen LogP contribution in [0.5, 0.6) is 5.75 Å². The molecule has 0 bridgehead atoms. The number of anilines is 1. The van der Waals surface area contributed by atoms with Crippen LogP contribution < -0.4 is 10.1 Å². The van der Waals surface area contributed by atoms with Gasteiger partial charge in [-0.1, -0.05) is 41.4 Å². The van der Waals surface area contributed by atoms with Crippen LogP contribution in [0.4, 0.5) is 5.95 Å². The molecule has 1 amide bonds. The first-order valence-corrected chi connectivity index (χ1v) is 8.72. The minimum absolute atomic E-state index is 0.0795. The van der Waals surface area contributed by atoms with Gasteiger partial charge in [-0.25, -0.2) is 4.68 Å². The fourth-order valence-electron chi connectivity index (χ4n) is 2.88. The molecule has 0 aliphatic carbocycles. The van der Waals surface area contributed by atoms with Gasteiger partial charge in [-0.3, -0.25) is 10.1 Å². The van der Waals surface area contributed by atoms with Gasteiger partial charge in [0.1, 0.15) is 18.7 Å². The summed E-state index contributed by atoms with van der Waals surface area (Å²) in [7, 11) is 0. The Morgan fingerprint density at radius 1 is 1.15 bits per heavy atom. The number of fused-ring (bicyclic) bond motifs is 1. The Hall–Kier alpha value is -2.57. The number of halogens is 2. The zero-order valence-electron chi connectivity index (χ0n) is 13.5. The highest BCUT2D eigenvalue weighted by Crippen LogP contribution is 2.30. The number of nitrogens with one attached hydrogen (secondary N) is 1.